The summed E-state index contributed by atoms with van der Waals surface area (Å²) in [5, 5.41) is 20.9. The van der Waals surface area contributed by atoms with E-state index in [1.54, 1.807) is 12.1 Å². The molecule has 0 aliphatic rings. The lowest BCUT2D eigenvalue weighted by Gasteiger charge is -2.10. The molecular weight excluding hydrogens is 416 g/mol. The van der Waals surface area contributed by atoms with Crippen LogP contribution in [-0.4, -0.2) is 31.2 Å². The van der Waals surface area contributed by atoms with Crippen LogP contribution in [-0.2, 0) is 4.79 Å². The van der Waals surface area contributed by atoms with Crippen LogP contribution in [0.2, 0.25) is 0 Å². The van der Waals surface area contributed by atoms with Gasteiger partial charge in [0.2, 0.25) is 0 Å². The highest BCUT2D eigenvalue weighted by atomic mass is 79.9. The van der Waals surface area contributed by atoms with E-state index in [0.29, 0.717) is 21.5 Å². The summed E-state index contributed by atoms with van der Waals surface area (Å²) >= 11 is 3.36. The quantitative estimate of drug-likeness (QED) is 0.533. The second-order valence-corrected chi connectivity index (χ2v) is 6.09. The predicted octanol–water partition coefficient (Wildman–Crippen LogP) is 3.71. The molecule has 2 aromatic rings. The van der Waals surface area contributed by atoms with Crippen molar-refractivity contribution in [3.05, 3.63) is 57.6 Å². The number of halogens is 1. The van der Waals surface area contributed by atoms with Gasteiger partial charge in [0.25, 0.3) is 5.91 Å². The SMILES string of the molecule is COc1cc(Br)c(/C=C(/C#N)C(=O)Nc2cccc(C(=O)O)c2)cc1OC. The maximum atomic E-state index is 12.4. The largest absolute Gasteiger partial charge is 0.493 e. The fraction of sp³-hybridized carbons (Fsp3) is 0.105. The van der Waals surface area contributed by atoms with Crippen molar-refractivity contribution in [2.45, 2.75) is 0 Å². The molecule has 0 fully saturated rings. The second-order valence-electron chi connectivity index (χ2n) is 5.24. The number of methoxy groups -OCH3 is 2. The van der Waals surface area contributed by atoms with Crippen LogP contribution in [0.25, 0.3) is 6.08 Å². The van der Waals surface area contributed by atoms with Gasteiger partial charge in [-0.25, -0.2) is 4.79 Å². The molecule has 2 aromatic carbocycles. The fourth-order valence-corrected chi connectivity index (χ4v) is 2.65. The van der Waals surface area contributed by atoms with Crippen LogP contribution in [0.5, 0.6) is 11.5 Å². The molecule has 0 saturated carbocycles. The zero-order valence-corrected chi connectivity index (χ0v) is 16.0. The molecule has 0 aromatic heterocycles. The number of ether oxygens (including phenoxy) is 2. The summed E-state index contributed by atoms with van der Waals surface area (Å²) in [6.45, 7) is 0. The van der Waals surface area contributed by atoms with Crippen molar-refractivity contribution in [3.8, 4) is 17.6 Å². The van der Waals surface area contributed by atoms with Gasteiger partial charge in [-0.15, -0.1) is 0 Å². The lowest BCUT2D eigenvalue weighted by molar-refractivity contribution is -0.112. The molecule has 0 bridgehead atoms. The Labute approximate surface area is 164 Å². The highest BCUT2D eigenvalue weighted by Gasteiger charge is 2.14. The maximum Gasteiger partial charge on any atom is 0.335 e. The zero-order valence-electron chi connectivity index (χ0n) is 14.4. The maximum absolute atomic E-state index is 12.4. The number of carboxylic acid groups (broad SMARTS) is 1. The standard InChI is InChI=1S/C19H15BrN2O5/c1-26-16-8-12(15(20)9-17(16)27-2)6-13(10-21)18(23)22-14-5-3-4-11(7-14)19(24)25/h3-9H,1-2H3,(H,22,23)(H,24,25)/b13-6-. The number of hydrogen-bond donors (Lipinski definition) is 2. The van der Waals surface area contributed by atoms with Crippen molar-refractivity contribution in [2.24, 2.45) is 0 Å². The Hall–Kier alpha value is -3.31. The topological polar surface area (TPSA) is 109 Å². The summed E-state index contributed by atoms with van der Waals surface area (Å²) in [6.07, 6.45) is 1.39. The number of hydrogen-bond acceptors (Lipinski definition) is 5. The number of rotatable bonds is 6. The van der Waals surface area contributed by atoms with Gasteiger partial charge in [-0.2, -0.15) is 5.26 Å². The van der Waals surface area contributed by atoms with Crippen molar-refractivity contribution >= 4 is 39.6 Å². The van der Waals surface area contributed by atoms with Crippen LogP contribution in [0.4, 0.5) is 5.69 Å². The van der Waals surface area contributed by atoms with E-state index in [-0.39, 0.29) is 16.8 Å². The fourth-order valence-electron chi connectivity index (χ4n) is 2.21. The summed E-state index contributed by atoms with van der Waals surface area (Å²) in [5.74, 6) is -0.841. The first-order valence-electron chi connectivity index (χ1n) is 7.57. The van der Waals surface area contributed by atoms with E-state index in [2.05, 4.69) is 21.2 Å². The molecule has 27 heavy (non-hydrogen) atoms. The van der Waals surface area contributed by atoms with Gasteiger partial charge < -0.3 is 19.9 Å². The minimum absolute atomic E-state index is 0.0259. The van der Waals surface area contributed by atoms with Crippen LogP contribution < -0.4 is 14.8 Å². The van der Waals surface area contributed by atoms with Gasteiger partial charge in [-0.1, -0.05) is 22.0 Å². The number of carbonyl (C=O) groups excluding carboxylic acids is 1. The number of benzene rings is 2. The number of anilines is 1. The summed E-state index contributed by atoms with van der Waals surface area (Å²) in [4.78, 5) is 23.4. The lowest BCUT2D eigenvalue weighted by atomic mass is 10.1. The molecule has 0 radical (unpaired) electrons. The molecule has 8 heteroatoms. The third-order valence-electron chi connectivity index (χ3n) is 3.54. The normalized spacial score (nSPS) is 10.7. The molecule has 7 nitrogen and oxygen atoms in total. The van der Waals surface area contributed by atoms with Gasteiger partial charge in [0.05, 0.1) is 19.8 Å². The number of nitrogens with one attached hydrogen (secondary N) is 1. The van der Waals surface area contributed by atoms with Crippen LogP contribution in [0, 0.1) is 11.3 Å². The molecule has 0 aliphatic heterocycles. The van der Waals surface area contributed by atoms with E-state index >= 15 is 0 Å². The van der Waals surface area contributed by atoms with Crippen molar-refractivity contribution in [1.29, 1.82) is 5.26 Å². The van der Waals surface area contributed by atoms with Gasteiger partial charge in [-0.3, -0.25) is 4.79 Å². The number of nitriles is 1. The third-order valence-corrected chi connectivity index (χ3v) is 4.22. The molecule has 2 N–H and O–H groups in total. The van der Waals surface area contributed by atoms with Crippen molar-refractivity contribution in [2.75, 3.05) is 19.5 Å². The number of aromatic carboxylic acids is 1. The summed E-state index contributed by atoms with van der Waals surface area (Å²) in [7, 11) is 2.98. The Balaban J connectivity index is 2.33. The second kappa shape index (κ2) is 8.87. The number of carboxylic acids is 1. The average Bonchev–Trinajstić information content (AvgIpc) is 2.66. The number of amides is 1. The highest BCUT2D eigenvalue weighted by molar-refractivity contribution is 9.10. The Morgan fingerprint density at radius 3 is 2.44 bits per heavy atom. The van der Waals surface area contributed by atoms with Crippen LogP contribution >= 0.6 is 15.9 Å². The lowest BCUT2D eigenvalue weighted by Crippen LogP contribution is -2.14. The highest BCUT2D eigenvalue weighted by Crippen LogP contribution is 2.34. The first-order chi connectivity index (χ1) is 12.9. The van der Waals surface area contributed by atoms with E-state index in [4.69, 9.17) is 14.6 Å². The molecule has 1 amide bonds. The van der Waals surface area contributed by atoms with Crippen molar-refractivity contribution in [1.82, 2.24) is 0 Å². The molecule has 0 unspecified atom stereocenters. The zero-order chi connectivity index (χ0) is 20.0. The predicted molar refractivity (Wildman–Crippen MR) is 103 cm³/mol. The molecule has 0 heterocycles. The monoisotopic (exact) mass is 430 g/mol. The Morgan fingerprint density at radius 1 is 1.19 bits per heavy atom. The Morgan fingerprint density at radius 2 is 1.85 bits per heavy atom. The average molecular weight is 431 g/mol. The third kappa shape index (κ3) is 4.86. The molecule has 0 spiro atoms. The Kier molecular flexibility index (Phi) is 6.57. The first-order valence-corrected chi connectivity index (χ1v) is 8.37. The molecule has 138 valence electrons. The number of carbonyl (C=O) groups is 2. The molecular formula is C19H15BrN2O5. The molecule has 2 rings (SSSR count). The van der Waals surface area contributed by atoms with Gasteiger partial charge >= 0.3 is 5.97 Å². The summed E-state index contributed by atoms with van der Waals surface area (Å²) in [5.41, 5.74) is 0.674. The van der Waals surface area contributed by atoms with E-state index in [1.807, 2.05) is 6.07 Å². The van der Waals surface area contributed by atoms with Crippen LogP contribution in [0.1, 0.15) is 15.9 Å². The van der Waals surface area contributed by atoms with E-state index in [0.717, 1.165) is 0 Å². The summed E-state index contributed by atoms with van der Waals surface area (Å²) < 4.78 is 11.0. The van der Waals surface area contributed by atoms with E-state index in [1.165, 1.54) is 44.6 Å². The summed E-state index contributed by atoms with van der Waals surface area (Å²) in [6, 6.07) is 10.9. The molecule has 0 atom stereocenters. The van der Waals surface area contributed by atoms with E-state index in [9.17, 15) is 14.9 Å². The first kappa shape index (κ1) is 20.0. The molecule has 0 saturated heterocycles. The van der Waals surface area contributed by atoms with Crippen LogP contribution in [0.15, 0.2) is 46.4 Å². The minimum atomic E-state index is -1.11. The van der Waals surface area contributed by atoms with Gasteiger partial charge in [0, 0.05) is 10.2 Å². The molecule has 0 aliphatic carbocycles. The van der Waals surface area contributed by atoms with Crippen molar-refractivity contribution in [3.63, 3.8) is 0 Å². The van der Waals surface area contributed by atoms with Gasteiger partial charge in [0.1, 0.15) is 11.6 Å². The minimum Gasteiger partial charge on any atom is -0.493 e. The Bertz CT molecular complexity index is 963. The van der Waals surface area contributed by atoms with Gasteiger partial charge in [-0.05, 0) is 42.0 Å². The van der Waals surface area contributed by atoms with E-state index < -0.39 is 11.9 Å². The number of nitrogens with zero attached hydrogens (tertiary/aromatic N) is 1. The van der Waals surface area contributed by atoms with Gasteiger partial charge in [0.15, 0.2) is 11.5 Å². The van der Waals surface area contributed by atoms with Crippen molar-refractivity contribution < 1.29 is 24.2 Å². The smallest absolute Gasteiger partial charge is 0.335 e. The van der Waals surface area contributed by atoms with Crippen LogP contribution in [0.3, 0.4) is 0 Å².